The van der Waals surface area contributed by atoms with E-state index in [1.165, 1.54) is 24.4 Å². The molecule has 0 amide bonds. The number of nitrogens with one attached hydrogen (secondary N) is 1. The molecule has 1 N–H and O–H groups in total. The van der Waals surface area contributed by atoms with E-state index < -0.39 is 11.6 Å². The Bertz CT molecular complexity index is 958. The molecule has 1 saturated heterocycles. The molecule has 0 bridgehead atoms. The highest BCUT2D eigenvalue weighted by atomic mass is 19.1. The summed E-state index contributed by atoms with van der Waals surface area (Å²) < 4.78 is 39.9. The number of aromatic nitrogens is 3. The van der Waals surface area contributed by atoms with E-state index in [1.807, 2.05) is 4.90 Å². The molecule has 0 atom stereocenters. The third-order valence-corrected chi connectivity index (χ3v) is 4.50. The molecule has 1 aromatic heterocycles. The Balaban J connectivity index is 1.43. The number of piperazine rings is 1. The van der Waals surface area contributed by atoms with Gasteiger partial charge in [-0.15, -0.1) is 5.10 Å². The summed E-state index contributed by atoms with van der Waals surface area (Å²) in [5.74, 6) is -0.886. The molecule has 1 fully saturated rings. The molecule has 1 aliphatic heterocycles. The van der Waals surface area contributed by atoms with E-state index in [0.29, 0.717) is 24.9 Å². The lowest BCUT2D eigenvalue weighted by Crippen LogP contribution is -2.47. The standard InChI is InChI=1S/C19H17F3N6/c20-13-1-4-15(5-2-13)27-7-9-28(10-8-27)19-25-18(12-23-26-19)24-17-6-3-14(21)11-16(17)22/h1-6,11-12H,7-10H2,(H,24,25,26). The predicted molar refractivity (Wildman–Crippen MR) is 100 cm³/mol. The minimum absolute atomic E-state index is 0.106. The zero-order valence-electron chi connectivity index (χ0n) is 14.8. The van der Waals surface area contributed by atoms with Crippen molar-refractivity contribution in [1.82, 2.24) is 15.2 Å². The van der Waals surface area contributed by atoms with Crippen molar-refractivity contribution in [2.75, 3.05) is 41.3 Å². The molecular weight excluding hydrogens is 369 g/mol. The molecule has 28 heavy (non-hydrogen) atoms. The van der Waals surface area contributed by atoms with Gasteiger partial charge in [-0.25, -0.2) is 13.2 Å². The van der Waals surface area contributed by atoms with Crippen molar-refractivity contribution in [3.63, 3.8) is 0 Å². The third-order valence-electron chi connectivity index (χ3n) is 4.50. The van der Waals surface area contributed by atoms with Crippen molar-refractivity contribution >= 4 is 23.1 Å². The van der Waals surface area contributed by atoms with Crippen molar-refractivity contribution in [2.45, 2.75) is 0 Å². The van der Waals surface area contributed by atoms with Gasteiger partial charge >= 0.3 is 0 Å². The van der Waals surface area contributed by atoms with E-state index in [4.69, 9.17) is 0 Å². The Labute approximate surface area is 159 Å². The highest BCUT2D eigenvalue weighted by Crippen LogP contribution is 2.22. The normalized spacial score (nSPS) is 14.2. The minimum Gasteiger partial charge on any atom is -0.368 e. The molecule has 2 aromatic carbocycles. The second kappa shape index (κ2) is 7.71. The fourth-order valence-corrected chi connectivity index (χ4v) is 3.03. The first-order chi connectivity index (χ1) is 13.6. The van der Waals surface area contributed by atoms with Crippen LogP contribution < -0.4 is 15.1 Å². The largest absolute Gasteiger partial charge is 0.368 e. The van der Waals surface area contributed by atoms with Gasteiger partial charge in [-0.2, -0.15) is 10.1 Å². The quantitative estimate of drug-likeness (QED) is 0.742. The van der Waals surface area contributed by atoms with Gasteiger partial charge in [-0.1, -0.05) is 0 Å². The monoisotopic (exact) mass is 386 g/mol. The van der Waals surface area contributed by atoms with Gasteiger partial charge in [0.1, 0.15) is 17.5 Å². The molecule has 2 heterocycles. The number of rotatable bonds is 4. The van der Waals surface area contributed by atoms with Crippen LogP contribution in [-0.4, -0.2) is 41.4 Å². The highest BCUT2D eigenvalue weighted by molar-refractivity contribution is 5.57. The number of anilines is 4. The van der Waals surface area contributed by atoms with Crippen LogP contribution in [0.25, 0.3) is 0 Å². The molecule has 0 spiro atoms. The van der Waals surface area contributed by atoms with E-state index in [9.17, 15) is 13.2 Å². The Morgan fingerprint density at radius 1 is 0.821 bits per heavy atom. The summed E-state index contributed by atoms with van der Waals surface area (Å²) in [6.07, 6.45) is 1.38. The van der Waals surface area contributed by atoms with Crippen LogP contribution in [0, 0.1) is 17.5 Å². The van der Waals surface area contributed by atoms with Gasteiger partial charge in [0, 0.05) is 37.9 Å². The van der Waals surface area contributed by atoms with E-state index in [1.54, 1.807) is 12.1 Å². The fourth-order valence-electron chi connectivity index (χ4n) is 3.03. The summed E-state index contributed by atoms with van der Waals surface area (Å²) >= 11 is 0. The smallest absolute Gasteiger partial charge is 0.247 e. The summed E-state index contributed by atoms with van der Waals surface area (Å²) in [6, 6.07) is 9.66. The summed E-state index contributed by atoms with van der Waals surface area (Å²) in [6.45, 7) is 2.76. The lowest BCUT2D eigenvalue weighted by atomic mass is 10.2. The second-order valence-corrected chi connectivity index (χ2v) is 6.34. The van der Waals surface area contributed by atoms with Gasteiger partial charge in [0.05, 0.1) is 11.9 Å². The Morgan fingerprint density at radius 3 is 2.21 bits per heavy atom. The first-order valence-corrected chi connectivity index (χ1v) is 8.76. The van der Waals surface area contributed by atoms with Crippen molar-refractivity contribution in [2.24, 2.45) is 0 Å². The molecule has 3 aromatic rings. The molecule has 6 nitrogen and oxygen atoms in total. The van der Waals surface area contributed by atoms with Gasteiger partial charge in [-0.05, 0) is 36.4 Å². The first-order valence-electron chi connectivity index (χ1n) is 8.76. The fraction of sp³-hybridized carbons (Fsp3) is 0.211. The van der Waals surface area contributed by atoms with Gasteiger partial charge < -0.3 is 15.1 Å². The van der Waals surface area contributed by atoms with E-state index in [2.05, 4.69) is 25.4 Å². The molecule has 1 aliphatic rings. The highest BCUT2D eigenvalue weighted by Gasteiger charge is 2.20. The van der Waals surface area contributed by atoms with Crippen LogP contribution in [0.5, 0.6) is 0 Å². The van der Waals surface area contributed by atoms with Crippen LogP contribution in [0.1, 0.15) is 0 Å². The third kappa shape index (κ3) is 3.98. The number of hydrogen-bond donors (Lipinski definition) is 1. The Hall–Kier alpha value is -3.36. The Morgan fingerprint density at radius 2 is 1.50 bits per heavy atom. The summed E-state index contributed by atoms with van der Waals surface area (Å²) in [5, 5.41) is 10.8. The molecule has 0 radical (unpaired) electrons. The van der Waals surface area contributed by atoms with Gasteiger partial charge in [0.15, 0.2) is 5.82 Å². The first kappa shape index (κ1) is 18.0. The number of nitrogens with zero attached hydrogens (tertiary/aromatic N) is 5. The maximum atomic E-state index is 13.8. The Kier molecular flexibility index (Phi) is 4.96. The second-order valence-electron chi connectivity index (χ2n) is 6.34. The molecule has 0 unspecified atom stereocenters. The molecule has 0 aliphatic carbocycles. The van der Waals surface area contributed by atoms with Crippen molar-refractivity contribution in [3.8, 4) is 0 Å². The number of benzene rings is 2. The zero-order chi connectivity index (χ0) is 19.5. The number of hydrogen-bond acceptors (Lipinski definition) is 6. The van der Waals surface area contributed by atoms with Crippen LogP contribution in [0.2, 0.25) is 0 Å². The SMILES string of the molecule is Fc1ccc(N2CCN(c3nncc(Nc4ccc(F)cc4F)n3)CC2)cc1. The summed E-state index contributed by atoms with van der Waals surface area (Å²) in [7, 11) is 0. The van der Waals surface area contributed by atoms with Crippen LogP contribution in [-0.2, 0) is 0 Å². The minimum atomic E-state index is -0.715. The van der Waals surface area contributed by atoms with Gasteiger partial charge in [0.25, 0.3) is 0 Å². The zero-order valence-corrected chi connectivity index (χ0v) is 14.8. The molecule has 9 heteroatoms. The molecule has 0 saturated carbocycles. The molecule has 144 valence electrons. The summed E-state index contributed by atoms with van der Waals surface area (Å²) in [4.78, 5) is 8.50. The maximum absolute atomic E-state index is 13.8. The lowest BCUT2D eigenvalue weighted by molar-refractivity contribution is 0.586. The molecular formula is C19H17F3N6. The van der Waals surface area contributed by atoms with E-state index in [0.717, 1.165) is 30.9 Å². The van der Waals surface area contributed by atoms with Gasteiger partial charge in [-0.3, -0.25) is 0 Å². The maximum Gasteiger partial charge on any atom is 0.247 e. The van der Waals surface area contributed by atoms with Crippen molar-refractivity contribution < 1.29 is 13.2 Å². The summed E-state index contributed by atoms with van der Waals surface area (Å²) in [5.41, 5.74) is 1.07. The van der Waals surface area contributed by atoms with E-state index in [-0.39, 0.29) is 11.5 Å². The van der Waals surface area contributed by atoms with Crippen LogP contribution >= 0.6 is 0 Å². The van der Waals surface area contributed by atoms with Crippen molar-refractivity contribution in [1.29, 1.82) is 0 Å². The number of halogens is 3. The van der Waals surface area contributed by atoms with Crippen LogP contribution in [0.4, 0.5) is 36.3 Å². The molecule has 4 rings (SSSR count). The predicted octanol–water partition coefficient (Wildman–Crippen LogP) is 3.36. The van der Waals surface area contributed by atoms with Gasteiger partial charge in [0.2, 0.25) is 5.95 Å². The average Bonchev–Trinajstić information content (AvgIpc) is 2.71. The van der Waals surface area contributed by atoms with Crippen LogP contribution in [0.3, 0.4) is 0 Å². The topological polar surface area (TPSA) is 57.2 Å². The lowest BCUT2D eigenvalue weighted by Gasteiger charge is -2.35. The van der Waals surface area contributed by atoms with E-state index >= 15 is 0 Å². The average molecular weight is 386 g/mol. The van der Waals surface area contributed by atoms with Crippen molar-refractivity contribution in [3.05, 3.63) is 66.1 Å². The van der Waals surface area contributed by atoms with Crippen LogP contribution in [0.15, 0.2) is 48.7 Å².